The predicted molar refractivity (Wildman–Crippen MR) is 143 cm³/mol. The molecule has 3 aliphatic rings. The smallest absolute Gasteiger partial charge is 0.435 e. The maximum Gasteiger partial charge on any atom is 0.435 e. The number of hydrogen-bond donors (Lipinski definition) is 0. The molecule has 0 heterocycles. The molecule has 3 aliphatic carbocycles. The molecule has 2 saturated carbocycles. The summed E-state index contributed by atoms with van der Waals surface area (Å²) < 4.78 is 133. The second-order valence-electron chi connectivity index (χ2n) is 12.4. The van der Waals surface area contributed by atoms with Crippen LogP contribution in [0.2, 0.25) is 0 Å². The lowest BCUT2D eigenvalue weighted by Crippen LogP contribution is -2.67. The van der Waals surface area contributed by atoms with Crippen molar-refractivity contribution in [3.05, 3.63) is 65.2 Å². The third-order valence-corrected chi connectivity index (χ3v) is 9.98. The number of benzene rings is 2. The zero-order chi connectivity index (χ0) is 32.0. The first kappa shape index (κ1) is 32.9. The van der Waals surface area contributed by atoms with E-state index < -0.39 is 37.2 Å². The molecule has 0 radical (unpaired) electrons. The zero-order valence-electron chi connectivity index (χ0n) is 24.1. The van der Waals surface area contributed by atoms with Gasteiger partial charge in [-0.05, 0) is 96.9 Å². The van der Waals surface area contributed by atoms with Crippen molar-refractivity contribution < 1.29 is 53.7 Å². The third-order valence-electron chi connectivity index (χ3n) is 9.98. The first-order valence-electron chi connectivity index (χ1n) is 14.8. The van der Waals surface area contributed by atoms with E-state index >= 15 is 0 Å². The lowest BCUT2D eigenvalue weighted by molar-refractivity contribution is -0.457. The Morgan fingerprint density at radius 2 is 1.48 bits per heavy atom. The van der Waals surface area contributed by atoms with Crippen molar-refractivity contribution in [2.75, 3.05) is 13.2 Å². The highest BCUT2D eigenvalue weighted by Crippen LogP contribution is 2.62. The van der Waals surface area contributed by atoms with Crippen molar-refractivity contribution in [2.45, 2.75) is 94.6 Å². The molecule has 244 valence electrons. The Morgan fingerprint density at radius 3 is 2.14 bits per heavy atom. The Kier molecular flexibility index (Phi) is 9.00. The fraction of sp³-hybridized carbons (Fsp3) is 0.625. The van der Waals surface area contributed by atoms with Crippen molar-refractivity contribution in [1.82, 2.24) is 0 Å². The van der Waals surface area contributed by atoms with E-state index in [1.807, 2.05) is 36.4 Å². The molecule has 0 unspecified atom stereocenters. The topological polar surface area (TPSA) is 27.7 Å². The average Bonchev–Trinajstić information content (AvgIpc) is 3.28. The van der Waals surface area contributed by atoms with Crippen LogP contribution in [0, 0.1) is 17.3 Å². The molecule has 2 fully saturated rings. The number of aryl methyl sites for hydroxylation is 1. The summed E-state index contributed by atoms with van der Waals surface area (Å²) in [5.74, 6) is 1.91. The molecular weight excluding hydrogens is 603 g/mol. The number of rotatable bonds is 9. The van der Waals surface area contributed by atoms with Crippen LogP contribution in [0.15, 0.2) is 48.5 Å². The minimum Gasteiger partial charge on any atom is -0.489 e. The van der Waals surface area contributed by atoms with Gasteiger partial charge in [-0.25, -0.2) is 0 Å². The summed E-state index contributed by atoms with van der Waals surface area (Å²) in [4.78, 5) is 0. The first-order chi connectivity index (χ1) is 20.6. The van der Waals surface area contributed by atoms with E-state index in [1.165, 1.54) is 11.1 Å². The summed E-state index contributed by atoms with van der Waals surface area (Å²) in [6, 6.07) is 16.2. The molecule has 44 heavy (non-hydrogen) atoms. The van der Waals surface area contributed by atoms with Gasteiger partial charge in [-0.1, -0.05) is 43.3 Å². The fourth-order valence-corrected chi connectivity index (χ4v) is 7.85. The van der Waals surface area contributed by atoms with Crippen LogP contribution in [0.3, 0.4) is 0 Å². The molecule has 5 atom stereocenters. The van der Waals surface area contributed by atoms with Crippen molar-refractivity contribution >= 4 is 0 Å². The van der Waals surface area contributed by atoms with Gasteiger partial charge in [0.25, 0.3) is 0 Å². The first-order valence-corrected chi connectivity index (χ1v) is 14.8. The molecule has 0 amide bonds. The molecular formula is C32H35F9O3. The van der Waals surface area contributed by atoms with Gasteiger partial charge in [0.2, 0.25) is 0 Å². The third kappa shape index (κ3) is 5.92. The quantitative estimate of drug-likeness (QED) is 0.202. The summed E-state index contributed by atoms with van der Waals surface area (Å²) in [5, 5.41) is 0. The molecule has 12 heteroatoms. The minimum absolute atomic E-state index is 0.244. The van der Waals surface area contributed by atoms with Gasteiger partial charge < -0.3 is 14.2 Å². The lowest BCUT2D eigenvalue weighted by atomic mass is 9.55. The highest BCUT2D eigenvalue weighted by atomic mass is 19.4. The van der Waals surface area contributed by atoms with Crippen molar-refractivity contribution in [3.8, 4) is 5.75 Å². The van der Waals surface area contributed by atoms with Gasteiger partial charge in [0.1, 0.15) is 12.4 Å². The van der Waals surface area contributed by atoms with Gasteiger partial charge in [0.15, 0.2) is 0 Å². The van der Waals surface area contributed by atoms with Crippen molar-refractivity contribution in [1.29, 1.82) is 0 Å². The van der Waals surface area contributed by atoms with Gasteiger partial charge in [-0.3, -0.25) is 0 Å². The van der Waals surface area contributed by atoms with Crippen LogP contribution in [0.25, 0.3) is 0 Å². The van der Waals surface area contributed by atoms with Crippen molar-refractivity contribution in [3.63, 3.8) is 0 Å². The van der Waals surface area contributed by atoms with Crippen LogP contribution in [-0.4, -0.2) is 43.4 Å². The maximum absolute atomic E-state index is 13.1. The lowest BCUT2D eigenvalue weighted by Gasteiger charge is -2.50. The molecule has 0 aliphatic heterocycles. The second kappa shape index (κ2) is 12.0. The van der Waals surface area contributed by atoms with Crippen LogP contribution in [0.4, 0.5) is 39.5 Å². The second-order valence-corrected chi connectivity index (χ2v) is 12.4. The fourth-order valence-electron chi connectivity index (χ4n) is 7.85. The predicted octanol–water partition coefficient (Wildman–Crippen LogP) is 9.34. The SMILES string of the molecule is C[C@]12CC[C@@H]3c4ccc(OCc5ccccc5)cc4CC[C@H]3[C@@H]1CC[C@@H]2OCCCOC(C(F)(F)F)(C(F)(F)F)C(F)(F)F. The van der Waals surface area contributed by atoms with E-state index in [2.05, 4.69) is 23.8 Å². The Labute approximate surface area is 250 Å². The summed E-state index contributed by atoms with van der Waals surface area (Å²) in [7, 11) is 0. The highest BCUT2D eigenvalue weighted by Gasteiger charge is 2.85. The molecule has 0 bridgehead atoms. The highest BCUT2D eigenvalue weighted by molar-refractivity contribution is 5.41. The summed E-state index contributed by atoms with van der Waals surface area (Å²) >= 11 is 0. The number of ether oxygens (including phenoxy) is 3. The van der Waals surface area contributed by atoms with Gasteiger partial charge >= 0.3 is 24.1 Å². The molecule has 2 aromatic carbocycles. The van der Waals surface area contributed by atoms with E-state index in [1.54, 1.807) is 0 Å². The maximum atomic E-state index is 13.1. The molecule has 0 aromatic heterocycles. The van der Waals surface area contributed by atoms with Crippen LogP contribution in [-0.2, 0) is 22.5 Å². The van der Waals surface area contributed by atoms with Crippen molar-refractivity contribution in [2.24, 2.45) is 17.3 Å². The molecule has 0 spiro atoms. The summed E-state index contributed by atoms with van der Waals surface area (Å²) in [6.45, 7) is 0.872. The Morgan fingerprint density at radius 1 is 0.795 bits per heavy atom. The van der Waals surface area contributed by atoms with Crippen LogP contribution < -0.4 is 4.74 Å². The zero-order valence-corrected chi connectivity index (χ0v) is 24.1. The standard InChI is InChI=1S/C32H35F9O3/c1-28-15-14-24-23-11-9-22(43-19-20-6-3-2-4-7-20)18-21(23)8-10-25(24)26(28)12-13-27(28)42-16-5-17-44-29(30(33,34)35,31(36,37)38)32(39,40)41/h2-4,6-7,9,11,18,24-27H,5,8,10,12-17,19H2,1H3/t24-,25-,26+,27+,28+/m1/s1. The monoisotopic (exact) mass is 638 g/mol. The van der Waals surface area contributed by atoms with Crippen LogP contribution in [0.1, 0.15) is 68.1 Å². The van der Waals surface area contributed by atoms with E-state index in [9.17, 15) is 39.5 Å². The van der Waals surface area contributed by atoms with Gasteiger partial charge in [-0.2, -0.15) is 39.5 Å². The van der Waals surface area contributed by atoms with Crippen LogP contribution in [0.5, 0.6) is 5.75 Å². The molecule has 5 rings (SSSR count). The van der Waals surface area contributed by atoms with E-state index in [4.69, 9.17) is 9.47 Å². The van der Waals surface area contributed by atoms with Gasteiger partial charge in [-0.15, -0.1) is 0 Å². The van der Waals surface area contributed by atoms with Gasteiger partial charge in [0, 0.05) is 6.61 Å². The molecule has 2 aromatic rings. The minimum atomic E-state index is -6.73. The van der Waals surface area contributed by atoms with Gasteiger partial charge in [0.05, 0.1) is 12.7 Å². The number of halogens is 9. The number of alkyl halides is 9. The van der Waals surface area contributed by atoms with E-state index in [0.717, 1.165) is 43.4 Å². The summed E-state index contributed by atoms with van der Waals surface area (Å²) in [5.41, 5.74) is -2.81. The number of fused-ring (bicyclic) bond motifs is 5. The Bertz CT molecular complexity index is 1240. The summed E-state index contributed by atoms with van der Waals surface area (Å²) in [6.07, 6.45) is -15.9. The van der Waals surface area contributed by atoms with E-state index in [0.29, 0.717) is 30.8 Å². The molecule has 3 nitrogen and oxygen atoms in total. The Balaban J connectivity index is 1.17. The Hall–Kier alpha value is -2.47. The molecule has 0 saturated heterocycles. The van der Waals surface area contributed by atoms with E-state index in [-0.39, 0.29) is 18.1 Å². The molecule has 0 N–H and O–H groups in total. The number of hydrogen-bond acceptors (Lipinski definition) is 3. The average molecular weight is 639 g/mol. The normalized spacial score (nSPS) is 27.4. The largest absolute Gasteiger partial charge is 0.489 e. The van der Waals surface area contributed by atoms with Crippen LogP contribution >= 0.6 is 0 Å².